The normalized spacial score (nSPS) is 18.1. The molecule has 0 atom stereocenters. The van der Waals surface area contributed by atoms with Gasteiger partial charge in [-0.25, -0.2) is 0 Å². The summed E-state index contributed by atoms with van der Waals surface area (Å²) in [5.74, 6) is 2.16. The highest BCUT2D eigenvalue weighted by atomic mass is 16.5. The van der Waals surface area contributed by atoms with Gasteiger partial charge in [0.05, 0.1) is 13.7 Å². The Bertz CT molecular complexity index is 733. The molecule has 3 rings (SSSR count). The fraction of sp³-hybridized carbons (Fsp3) is 0.680. The number of carbonyl (C=O) groups excluding carboxylic acids is 2. The molecule has 0 N–H and O–H groups in total. The predicted molar refractivity (Wildman–Crippen MR) is 122 cm³/mol. The van der Waals surface area contributed by atoms with Crippen LogP contribution in [0, 0.1) is 11.8 Å². The molecule has 2 fully saturated rings. The minimum atomic E-state index is -0.00676. The number of nitrogens with zero attached hydrogens (tertiary/aromatic N) is 2. The molecular weight excluding hydrogens is 392 g/mol. The second-order valence-corrected chi connectivity index (χ2v) is 9.20. The molecule has 2 aliphatic heterocycles. The topological polar surface area (TPSA) is 59.1 Å². The molecule has 0 aliphatic carbocycles. The molecule has 1 aromatic rings. The van der Waals surface area contributed by atoms with Gasteiger partial charge < -0.3 is 19.3 Å². The van der Waals surface area contributed by atoms with Gasteiger partial charge in [-0.2, -0.15) is 0 Å². The minimum absolute atomic E-state index is 0.00676. The number of likely N-dealkylation sites (tertiary alicyclic amines) is 2. The van der Waals surface area contributed by atoms with E-state index in [0.29, 0.717) is 48.6 Å². The molecule has 2 aliphatic rings. The summed E-state index contributed by atoms with van der Waals surface area (Å²) < 4.78 is 11.3. The van der Waals surface area contributed by atoms with E-state index in [1.807, 2.05) is 17.0 Å². The summed E-state index contributed by atoms with van der Waals surface area (Å²) in [5, 5.41) is 0. The zero-order valence-corrected chi connectivity index (χ0v) is 19.4. The molecule has 2 saturated heterocycles. The number of hydrogen-bond donors (Lipinski definition) is 0. The van der Waals surface area contributed by atoms with E-state index in [9.17, 15) is 9.59 Å². The van der Waals surface area contributed by atoms with Crippen molar-refractivity contribution in [3.63, 3.8) is 0 Å². The van der Waals surface area contributed by atoms with Crippen LogP contribution in [0.1, 0.15) is 69.2 Å². The van der Waals surface area contributed by atoms with Gasteiger partial charge in [-0.1, -0.05) is 26.7 Å². The van der Waals surface area contributed by atoms with Crippen molar-refractivity contribution in [3.05, 3.63) is 23.8 Å². The van der Waals surface area contributed by atoms with E-state index < -0.39 is 0 Å². The second-order valence-electron chi connectivity index (χ2n) is 9.20. The van der Waals surface area contributed by atoms with E-state index in [0.717, 1.165) is 45.2 Å². The number of amides is 2. The average Bonchev–Trinajstić information content (AvgIpc) is 3.08. The molecule has 0 unspecified atom stereocenters. The number of ether oxygens (including phenoxy) is 2. The van der Waals surface area contributed by atoms with Crippen LogP contribution in [0.3, 0.4) is 0 Å². The maximum absolute atomic E-state index is 13.0. The van der Waals surface area contributed by atoms with Crippen LogP contribution in [0.25, 0.3) is 0 Å². The van der Waals surface area contributed by atoms with Crippen molar-refractivity contribution in [2.24, 2.45) is 11.8 Å². The Hall–Kier alpha value is -2.24. The highest BCUT2D eigenvalue weighted by Crippen LogP contribution is 2.30. The first-order valence-corrected chi connectivity index (χ1v) is 11.9. The van der Waals surface area contributed by atoms with E-state index >= 15 is 0 Å². The van der Waals surface area contributed by atoms with Crippen molar-refractivity contribution >= 4 is 11.8 Å². The van der Waals surface area contributed by atoms with Gasteiger partial charge in [0.15, 0.2) is 11.5 Å². The summed E-state index contributed by atoms with van der Waals surface area (Å²) in [5.41, 5.74) is 0.602. The average molecular weight is 431 g/mol. The lowest BCUT2D eigenvalue weighted by atomic mass is 9.94. The van der Waals surface area contributed by atoms with Crippen molar-refractivity contribution in [2.75, 3.05) is 39.9 Å². The number of carbonyl (C=O) groups is 2. The first kappa shape index (κ1) is 23.4. The number of rotatable bonds is 7. The van der Waals surface area contributed by atoms with Crippen LogP contribution in [-0.4, -0.2) is 61.5 Å². The monoisotopic (exact) mass is 430 g/mol. The molecule has 31 heavy (non-hydrogen) atoms. The summed E-state index contributed by atoms with van der Waals surface area (Å²) in [6.45, 7) is 7.97. The molecule has 2 amide bonds. The van der Waals surface area contributed by atoms with E-state index in [-0.39, 0.29) is 11.8 Å². The molecule has 6 nitrogen and oxygen atoms in total. The predicted octanol–water partition coefficient (Wildman–Crippen LogP) is 4.37. The quantitative estimate of drug-likeness (QED) is 0.644. The van der Waals surface area contributed by atoms with Crippen LogP contribution < -0.4 is 9.47 Å². The van der Waals surface area contributed by atoms with Crippen LogP contribution in [0.15, 0.2) is 18.2 Å². The SMILES string of the molecule is COc1cc(C(=O)N2CCC(C(=O)N3CCCCCC3)CC2)ccc1OCCC(C)C. The summed E-state index contributed by atoms with van der Waals surface area (Å²) in [7, 11) is 1.60. The smallest absolute Gasteiger partial charge is 0.253 e. The van der Waals surface area contributed by atoms with Gasteiger partial charge in [0.2, 0.25) is 5.91 Å². The van der Waals surface area contributed by atoms with Gasteiger partial charge in [-0.05, 0) is 56.2 Å². The van der Waals surface area contributed by atoms with Crippen molar-refractivity contribution in [1.82, 2.24) is 9.80 Å². The number of methoxy groups -OCH3 is 1. The zero-order valence-electron chi connectivity index (χ0n) is 19.4. The zero-order chi connectivity index (χ0) is 22.2. The van der Waals surface area contributed by atoms with E-state index in [4.69, 9.17) is 9.47 Å². The lowest BCUT2D eigenvalue weighted by molar-refractivity contribution is -0.136. The second kappa shape index (κ2) is 11.4. The Morgan fingerprint density at radius 1 is 0.968 bits per heavy atom. The third kappa shape index (κ3) is 6.37. The van der Waals surface area contributed by atoms with Crippen molar-refractivity contribution in [2.45, 2.75) is 58.8 Å². The number of benzene rings is 1. The highest BCUT2D eigenvalue weighted by molar-refractivity contribution is 5.95. The Balaban J connectivity index is 1.55. The van der Waals surface area contributed by atoms with Gasteiger partial charge >= 0.3 is 0 Å². The minimum Gasteiger partial charge on any atom is -0.493 e. The fourth-order valence-electron chi connectivity index (χ4n) is 4.39. The first-order chi connectivity index (χ1) is 15.0. The molecule has 2 heterocycles. The maximum atomic E-state index is 13.0. The maximum Gasteiger partial charge on any atom is 0.253 e. The van der Waals surface area contributed by atoms with Crippen LogP contribution in [-0.2, 0) is 4.79 Å². The standard InChI is InChI=1S/C25H38N2O4/c1-19(2)12-17-31-22-9-8-21(18-23(22)30-3)25(29)27-15-10-20(11-16-27)24(28)26-13-6-4-5-7-14-26/h8-9,18-20H,4-7,10-17H2,1-3H3. The lowest BCUT2D eigenvalue weighted by Crippen LogP contribution is -2.44. The molecule has 172 valence electrons. The largest absolute Gasteiger partial charge is 0.493 e. The summed E-state index contributed by atoms with van der Waals surface area (Å²) in [4.78, 5) is 29.8. The van der Waals surface area contributed by atoms with E-state index in [2.05, 4.69) is 18.7 Å². The molecular formula is C25H38N2O4. The van der Waals surface area contributed by atoms with Crippen LogP contribution in [0.5, 0.6) is 11.5 Å². The lowest BCUT2D eigenvalue weighted by Gasteiger charge is -2.34. The van der Waals surface area contributed by atoms with Crippen molar-refractivity contribution < 1.29 is 19.1 Å². The van der Waals surface area contributed by atoms with E-state index in [1.165, 1.54) is 12.8 Å². The summed E-state index contributed by atoms with van der Waals surface area (Å²) in [6.07, 6.45) is 7.13. The van der Waals surface area contributed by atoms with Crippen molar-refractivity contribution in [1.29, 1.82) is 0 Å². The molecule has 0 radical (unpaired) electrons. The third-order valence-corrected chi connectivity index (χ3v) is 6.41. The van der Waals surface area contributed by atoms with E-state index in [1.54, 1.807) is 13.2 Å². The Kier molecular flexibility index (Phi) is 8.61. The molecule has 6 heteroatoms. The van der Waals surface area contributed by atoms with Crippen LogP contribution in [0.2, 0.25) is 0 Å². The van der Waals surface area contributed by atoms with Crippen LogP contribution in [0.4, 0.5) is 0 Å². The molecule has 0 spiro atoms. The van der Waals surface area contributed by atoms with Gasteiger partial charge in [-0.15, -0.1) is 0 Å². The summed E-state index contributed by atoms with van der Waals surface area (Å²) >= 11 is 0. The molecule has 0 bridgehead atoms. The summed E-state index contributed by atoms with van der Waals surface area (Å²) in [6, 6.07) is 5.40. The van der Waals surface area contributed by atoms with Gasteiger partial charge in [0.1, 0.15) is 0 Å². The Morgan fingerprint density at radius 2 is 1.65 bits per heavy atom. The Morgan fingerprint density at radius 3 is 2.26 bits per heavy atom. The highest BCUT2D eigenvalue weighted by Gasteiger charge is 2.31. The van der Waals surface area contributed by atoms with Crippen LogP contribution >= 0.6 is 0 Å². The third-order valence-electron chi connectivity index (χ3n) is 6.41. The molecule has 0 saturated carbocycles. The molecule has 1 aromatic carbocycles. The van der Waals surface area contributed by atoms with Gasteiger partial charge in [0, 0.05) is 37.7 Å². The number of hydrogen-bond acceptors (Lipinski definition) is 4. The molecule has 0 aromatic heterocycles. The first-order valence-electron chi connectivity index (χ1n) is 11.9. The fourth-order valence-corrected chi connectivity index (χ4v) is 4.39. The van der Waals surface area contributed by atoms with Crippen molar-refractivity contribution in [3.8, 4) is 11.5 Å². The number of piperidine rings is 1. The van der Waals surface area contributed by atoms with Gasteiger partial charge in [0.25, 0.3) is 5.91 Å². The van der Waals surface area contributed by atoms with Gasteiger partial charge in [-0.3, -0.25) is 9.59 Å². The Labute approximate surface area is 186 Å².